The molecule has 0 aromatic carbocycles. The number of hydrogen-bond acceptors (Lipinski definition) is 3. The molecule has 0 aliphatic carbocycles. The molecule has 0 aliphatic heterocycles. The van der Waals surface area contributed by atoms with Crippen LogP contribution in [0.3, 0.4) is 0 Å². The maximum Gasteiger partial charge on any atom is 0.234 e. The summed E-state index contributed by atoms with van der Waals surface area (Å²) in [6.07, 6.45) is 1.92. The third-order valence-corrected chi connectivity index (χ3v) is 2.57. The second kappa shape index (κ2) is 8.12. The lowest BCUT2D eigenvalue weighted by atomic mass is 10.1. The number of carbonyl (C=O) groups excluding carboxylic acids is 1. The summed E-state index contributed by atoms with van der Waals surface area (Å²) in [6.45, 7) is 6.98. The Bertz CT molecular complexity index is 243. The fourth-order valence-corrected chi connectivity index (χ4v) is 1.58. The summed E-state index contributed by atoms with van der Waals surface area (Å²) in [5.74, 6) is 0.00675. The highest BCUT2D eigenvalue weighted by Gasteiger charge is 2.12. The maximum atomic E-state index is 11.6. The van der Waals surface area contributed by atoms with Gasteiger partial charge in [0.25, 0.3) is 0 Å². The Hall–Kier alpha value is -1.08. The Morgan fingerprint density at radius 3 is 2.44 bits per heavy atom. The van der Waals surface area contributed by atoms with Crippen molar-refractivity contribution in [3.05, 3.63) is 0 Å². The molecule has 0 saturated carbocycles. The van der Waals surface area contributed by atoms with Crippen molar-refractivity contribution < 1.29 is 4.79 Å². The van der Waals surface area contributed by atoms with E-state index in [1.807, 2.05) is 18.9 Å². The van der Waals surface area contributed by atoms with Gasteiger partial charge in [0.2, 0.25) is 5.91 Å². The van der Waals surface area contributed by atoms with Gasteiger partial charge >= 0.3 is 0 Å². The van der Waals surface area contributed by atoms with E-state index < -0.39 is 0 Å². The van der Waals surface area contributed by atoms with E-state index in [0.29, 0.717) is 13.1 Å². The molecule has 0 aromatic rings. The minimum atomic E-state index is -0.0362. The predicted octanol–water partition coefficient (Wildman–Crippen LogP) is 1.38. The first-order chi connectivity index (χ1) is 7.53. The Morgan fingerprint density at radius 1 is 1.44 bits per heavy atom. The molecule has 0 bridgehead atoms. The third kappa shape index (κ3) is 6.41. The number of carbonyl (C=O) groups is 1. The number of nitrogens with zero attached hydrogens (tertiary/aromatic N) is 2. The molecule has 0 saturated heterocycles. The molecule has 0 heterocycles. The SMILES string of the molecule is CCC(CC)NC(=O)CN(C)CC(C)C#N. The molecule has 0 aromatic heterocycles. The molecule has 0 rings (SSSR count). The van der Waals surface area contributed by atoms with Crippen LogP contribution in [0.15, 0.2) is 0 Å². The molecule has 0 spiro atoms. The van der Waals surface area contributed by atoms with Gasteiger partial charge in [-0.2, -0.15) is 5.26 Å². The molecule has 1 amide bonds. The van der Waals surface area contributed by atoms with Gasteiger partial charge in [-0.3, -0.25) is 9.69 Å². The minimum Gasteiger partial charge on any atom is -0.352 e. The average Bonchev–Trinajstić information content (AvgIpc) is 2.25. The Labute approximate surface area is 98.6 Å². The van der Waals surface area contributed by atoms with Gasteiger partial charge in [-0.1, -0.05) is 13.8 Å². The van der Waals surface area contributed by atoms with Crippen LogP contribution >= 0.6 is 0 Å². The van der Waals surface area contributed by atoms with Crippen molar-refractivity contribution in [3.8, 4) is 6.07 Å². The first-order valence-electron chi connectivity index (χ1n) is 5.90. The molecule has 4 heteroatoms. The van der Waals surface area contributed by atoms with Crippen molar-refractivity contribution in [2.75, 3.05) is 20.1 Å². The van der Waals surface area contributed by atoms with Crippen molar-refractivity contribution in [1.82, 2.24) is 10.2 Å². The number of likely N-dealkylation sites (N-methyl/N-ethyl adjacent to an activating group) is 1. The molecular weight excluding hydrogens is 202 g/mol. The van der Waals surface area contributed by atoms with Gasteiger partial charge in [-0.15, -0.1) is 0 Å². The molecule has 92 valence electrons. The van der Waals surface area contributed by atoms with Crippen molar-refractivity contribution in [1.29, 1.82) is 5.26 Å². The van der Waals surface area contributed by atoms with Crippen LogP contribution in [0.25, 0.3) is 0 Å². The smallest absolute Gasteiger partial charge is 0.234 e. The lowest BCUT2D eigenvalue weighted by Gasteiger charge is -2.20. The molecule has 4 nitrogen and oxygen atoms in total. The zero-order valence-corrected chi connectivity index (χ0v) is 10.8. The number of rotatable bonds is 7. The van der Waals surface area contributed by atoms with Crippen molar-refractivity contribution in [3.63, 3.8) is 0 Å². The lowest BCUT2D eigenvalue weighted by molar-refractivity contribution is -0.122. The number of nitriles is 1. The van der Waals surface area contributed by atoms with E-state index in [-0.39, 0.29) is 17.9 Å². The molecule has 1 unspecified atom stereocenters. The Morgan fingerprint density at radius 2 is 2.00 bits per heavy atom. The van der Waals surface area contributed by atoms with E-state index in [1.54, 1.807) is 0 Å². The summed E-state index contributed by atoms with van der Waals surface area (Å²) in [5.41, 5.74) is 0. The van der Waals surface area contributed by atoms with Gasteiger partial charge in [0.15, 0.2) is 0 Å². The van der Waals surface area contributed by atoms with Crippen LogP contribution in [0, 0.1) is 17.2 Å². The van der Waals surface area contributed by atoms with Crippen LogP contribution in [0.5, 0.6) is 0 Å². The topological polar surface area (TPSA) is 56.1 Å². The van der Waals surface area contributed by atoms with Crippen LogP contribution in [0.2, 0.25) is 0 Å². The van der Waals surface area contributed by atoms with Crippen LogP contribution in [0.4, 0.5) is 0 Å². The van der Waals surface area contributed by atoms with E-state index in [1.165, 1.54) is 0 Å². The van der Waals surface area contributed by atoms with E-state index in [9.17, 15) is 4.79 Å². The summed E-state index contributed by atoms with van der Waals surface area (Å²) in [7, 11) is 1.86. The highest BCUT2D eigenvalue weighted by atomic mass is 16.2. The second-order valence-electron chi connectivity index (χ2n) is 4.31. The first-order valence-corrected chi connectivity index (χ1v) is 5.90. The summed E-state index contributed by atoms with van der Waals surface area (Å²) >= 11 is 0. The van der Waals surface area contributed by atoms with Gasteiger partial charge in [-0.25, -0.2) is 0 Å². The van der Waals surface area contributed by atoms with E-state index >= 15 is 0 Å². The molecule has 1 atom stereocenters. The van der Waals surface area contributed by atoms with Crippen LogP contribution in [-0.2, 0) is 4.79 Å². The highest BCUT2D eigenvalue weighted by molar-refractivity contribution is 5.78. The summed E-state index contributed by atoms with van der Waals surface area (Å²) in [6, 6.07) is 2.43. The summed E-state index contributed by atoms with van der Waals surface area (Å²) in [4.78, 5) is 13.5. The molecule has 1 N–H and O–H groups in total. The fraction of sp³-hybridized carbons (Fsp3) is 0.833. The van der Waals surface area contributed by atoms with Gasteiger partial charge in [0.05, 0.1) is 18.5 Å². The van der Waals surface area contributed by atoms with Crippen LogP contribution in [-0.4, -0.2) is 37.0 Å². The zero-order chi connectivity index (χ0) is 12.6. The van der Waals surface area contributed by atoms with E-state index in [2.05, 4.69) is 25.2 Å². The minimum absolute atomic E-state index is 0.0362. The zero-order valence-electron chi connectivity index (χ0n) is 10.8. The number of nitrogens with one attached hydrogen (secondary N) is 1. The number of hydrogen-bond donors (Lipinski definition) is 1. The van der Waals surface area contributed by atoms with Crippen molar-refractivity contribution >= 4 is 5.91 Å². The van der Waals surface area contributed by atoms with E-state index in [0.717, 1.165) is 12.8 Å². The molecule has 0 fully saturated rings. The summed E-state index contributed by atoms with van der Waals surface area (Å²) in [5, 5.41) is 11.6. The van der Waals surface area contributed by atoms with Crippen LogP contribution < -0.4 is 5.32 Å². The molecular formula is C12H23N3O. The third-order valence-electron chi connectivity index (χ3n) is 2.57. The van der Waals surface area contributed by atoms with Crippen LogP contribution in [0.1, 0.15) is 33.6 Å². The molecule has 16 heavy (non-hydrogen) atoms. The average molecular weight is 225 g/mol. The number of amides is 1. The summed E-state index contributed by atoms with van der Waals surface area (Å²) < 4.78 is 0. The fourth-order valence-electron chi connectivity index (χ4n) is 1.58. The van der Waals surface area contributed by atoms with Crippen molar-refractivity contribution in [2.24, 2.45) is 5.92 Å². The second-order valence-corrected chi connectivity index (χ2v) is 4.31. The monoisotopic (exact) mass is 225 g/mol. The van der Waals surface area contributed by atoms with Gasteiger partial charge in [0, 0.05) is 12.6 Å². The quantitative estimate of drug-likeness (QED) is 0.712. The largest absolute Gasteiger partial charge is 0.352 e. The van der Waals surface area contributed by atoms with Gasteiger partial charge in [-0.05, 0) is 26.8 Å². The van der Waals surface area contributed by atoms with Gasteiger partial charge in [0.1, 0.15) is 0 Å². The first kappa shape index (κ1) is 14.9. The molecule has 0 aliphatic rings. The van der Waals surface area contributed by atoms with Crippen molar-refractivity contribution in [2.45, 2.75) is 39.7 Å². The maximum absolute atomic E-state index is 11.6. The predicted molar refractivity (Wildman–Crippen MR) is 64.8 cm³/mol. The molecule has 0 radical (unpaired) electrons. The normalized spacial score (nSPS) is 12.6. The highest BCUT2D eigenvalue weighted by Crippen LogP contribution is 1.98. The van der Waals surface area contributed by atoms with E-state index in [4.69, 9.17) is 5.26 Å². The Balaban J connectivity index is 3.91. The lowest BCUT2D eigenvalue weighted by Crippen LogP contribution is -2.41. The standard InChI is InChI=1S/C12H23N3O/c1-5-11(6-2)14-12(16)9-15(4)8-10(3)7-13/h10-11H,5-6,8-9H2,1-4H3,(H,14,16). The Kier molecular flexibility index (Phi) is 7.57. The van der Waals surface area contributed by atoms with Gasteiger partial charge < -0.3 is 5.32 Å².